The molecule has 1 unspecified atom stereocenters. The Hall–Kier alpha value is -1.71. The molecule has 0 aliphatic carbocycles. The highest BCUT2D eigenvalue weighted by Gasteiger charge is 2.21. The normalized spacial score (nSPS) is 12.0. The fraction of sp³-hybridized carbons (Fsp3) is 0.188. The first kappa shape index (κ1) is 15.7. The minimum absolute atomic E-state index is 0.0572. The van der Waals surface area contributed by atoms with Crippen molar-refractivity contribution in [2.75, 3.05) is 7.11 Å². The van der Waals surface area contributed by atoms with Crippen LogP contribution in [0.5, 0.6) is 5.75 Å². The maximum atomic E-state index is 11.2. The summed E-state index contributed by atoms with van der Waals surface area (Å²) in [4.78, 5) is 11.2. The van der Waals surface area contributed by atoms with Crippen molar-refractivity contribution in [3.05, 3.63) is 63.6 Å². The summed E-state index contributed by atoms with van der Waals surface area (Å²) in [6, 6.07) is 12.5. The predicted molar refractivity (Wildman–Crippen MR) is 83.6 cm³/mol. The monoisotopic (exact) mass is 324 g/mol. The molecule has 0 amide bonds. The Kier molecular flexibility index (Phi) is 5.10. The second kappa shape index (κ2) is 6.83. The summed E-state index contributed by atoms with van der Waals surface area (Å²) in [5, 5.41) is 10.0. The molecule has 5 heteroatoms. The van der Waals surface area contributed by atoms with E-state index in [2.05, 4.69) is 0 Å². The molecule has 2 aromatic rings. The zero-order chi connectivity index (χ0) is 15.4. The zero-order valence-electron chi connectivity index (χ0n) is 11.3. The Labute approximate surface area is 133 Å². The lowest BCUT2D eigenvalue weighted by molar-refractivity contribution is -0.137. The Balaban J connectivity index is 2.52. The molecule has 3 nitrogen and oxygen atoms in total. The number of para-hydroxylation sites is 1. The van der Waals surface area contributed by atoms with Crippen LogP contribution < -0.4 is 4.74 Å². The van der Waals surface area contributed by atoms with E-state index in [9.17, 15) is 9.90 Å². The highest BCUT2D eigenvalue weighted by atomic mass is 35.5. The second-order valence-electron chi connectivity index (χ2n) is 4.57. The molecule has 0 fully saturated rings. The summed E-state index contributed by atoms with van der Waals surface area (Å²) in [6.45, 7) is 0. The van der Waals surface area contributed by atoms with Gasteiger partial charge in [-0.2, -0.15) is 0 Å². The van der Waals surface area contributed by atoms with Crippen LogP contribution in [-0.4, -0.2) is 18.2 Å². The van der Waals surface area contributed by atoms with Gasteiger partial charge in [0.05, 0.1) is 23.6 Å². The first-order chi connectivity index (χ1) is 10.0. The van der Waals surface area contributed by atoms with Crippen LogP contribution in [0.4, 0.5) is 0 Å². The van der Waals surface area contributed by atoms with Crippen LogP contribution in [0.15, 0.2) is 42.5 Å². The van der Waals surface area contributed by atoms with Crippen molar-refractivity contribution in [2.24, 2.45) is 0 Å². The van der Waals surface area contributed by atoms with E-state index in [0.29, 0.717) is 15.8 Å². The molecule has 0 aliphatic heterocycles. The molecule has 0 saturated carbocycles. The SMILES string of the molecule is COc1ccccc1C(CC(=O)O)c1ccc(Cl)c(Cl)c1. The highest BCUT2D eigenvalue weighted by molar-refractivity contribution is 6.42. The van der Waals surface area contributed by atoms with E-state index in [-0.39, 0.29) is 12.3 Å². The minimum Gasteiger partial charge on any atom is -0.496 e. The first-order valence-corrected chi connectivity index (χ1v) is 7.08. The van der Waals surface area contributed by atoms with E-state index < -0.39 is 5.97 Å². The van der Waals surface area contributed by atoms with Crippen LogP contribution in [0.1, 0.15) is 23.5 Å². The van der Waals surface area contributed by atoms with Crippen molar-refractivity contribution in [3.8, 4) is 5.75 Å². The summed E-state index contributed by atoms with van der Waals surface area (Å²) in [5.74, 6) is -0.597. The van der Waals surface area contributed by atoms with E-state index in [0.717, 1.165) is 11.1 Å². The first-order valence-electron chi connectivity index (χ1n) is 6.32. The number of hydrogen-bond donors (Lipinski definition) is 1. The van der Waals surface area contributed by atoms with Crippen molar-refractivity contribution >= 4 is 29.2 Å². The number of methoxy groups -OCH3 is 1. The third kappa shape index (κ3) is 3.69. The zero-order valence-corrected chi connectivity index (χ0v) is 12.9. The molecule has 2 aromatic carbocycles. The lowest BCUT2D eigenvalue weighted by Gasteiger charge is -2.19. The maximum Gasteiger partial charge on any atom is 0.304 e. The van der Waals surface area contributed by atoms with Crippen molar-refractivity contribution in [3.63, 3.8) is 0 Å². The van der Waals surface area contributed by atoms with Crippen molar-refractivity contribution in [1.82, 2.24) is 0 Å². The number of carboxylic acids is 1. The number of carboxylic acid groups (broad SMARTS) is 1. The Morgan fingerprint density at radius 1 is 1.19 bits per heavy atom. The fourth-order valence-electron chi connectivity index (χ4n) is 2.27. The summed E-state index contributed by atoms with van der Waals surface area (Å²) >= 11 is 12.0. The molecular formula is C16H14Cl2O3. The molecular weight excluding hydrogens is 311 g/mol. The van der Waals surface area contributed by atoms with Gasteiger partial charge in [-0.25, -0.2) is 0 Å². The average molecular weight is 325 g/mol. The van der Waals surface area contributed by atoms with Gasteiger partial charge in [0.15, 0.2) is 0 Å². The molecule has 0 bridgehead atoms. The van der Waals surface area contributed by atoms with E-state index in [4.69, 9.17) is 27.9 Å². The smallest absolute Gasteiger partial charge is 0.304 e. The Bertz CT molecular complexity index is 656. The van der Waals surface area contributed by atoms with E-state index in [1.807, 2.05) is 24.3 Å². The number of carbonyl (C=O) groups is 1. The second-order valence-corrected chi connectivity index (χ2v) is 5.38. The topological polar surface area (TPSA) is 46.5 Å². The molecule has 0 aromatic heterocycles. The van der Waals surface area contributed by atoms with Crippen LogP contribution in [-0.2, 0) is 4.79 Å². The number of halogens is 2. The Morgan fingerprint density at radius 3 is 2.52 bits per heavy atom. The van der Waals surface area contributed by atoms with E-state index >= 15 is 0 Å². The third-order valence-corrected chi connectivity index (χ3v) is 3.98. The fourth-order valence-corrected chi connectivity index (χ4v) is 2.57. The van der Waals surface area contributed by atoms with Gasteiger partial charge in [-0.1, -0.05) is 47.5 Å². The predicted octanol–water partition coefficient (Wildman–Crippen LogP) is 4.61. The lowest BCUT2D eigenvalue weighted by atomic mass is 9.88. The van der Waals surface area contributed by atoms with Gasteiger partial charge in [0.1, 0.15) is 5.75 Å². The molecule has 0 heterocycles. The van der Waals surface area contributed by atoms with Crippen LogP contribution in [0.25, 0.3) is 0 Å². The molecule has 0 saturated heterocycles. The van der Waals surface area contributed by atoms with Crippen molar-refractivity contribution in [1.29, 1.82) is 0 Å². The number of rotatable bonds is 5. The molecule has 0 radical (unpaired) electrons. The van der Waals surface area contributed by atoms with Crippen LogP contribution in [0.2, 0.25) is 10.0 Å². The van der Waals surface area contributed by atoms with Crippen molar-refractivity contribution < 1.29 is 14.6 Å². The minimum atomic E-state index is -0.892. The van der Waals surface area contributed by atoms with E-state index in [1.54, 1.807) is 25.3 Å². The van der Waals surface area contributed by atoms with Crippen LogP contribution in [0.3, 0.4) is 0 Å². The summed E-state index contributed by atoms with van der Waals surface area (Å²) in [7, 11) is 1.56. The average Bonchev–Trinajstić information content (AvgIpc) is 2.47. The summed E-state index contributed by atoms with van der Waals surface area (Å²) in [5.41, 5.74) is 1.59. The maximum absolute atomic E-state index is 11.2. The van der Waals surface area contributed by atoms with Gasteiger partial charge in [-0.05, 0) is 23.8 Å². The van der Waals surface area contributed by atoms with Gasteiger partial charge in [0.2, 0.25) is 0 Å². The highest BCUT2D eigenvalue weighted by Crippen LogP contribution is 2.36. The third-order valence-electron chi connectivity index (χ3n) is 3.24. The molecule has 21 heavy (non-hydrogen) atoms. The molecule has 1 atom stereocenters. The summed E-state index contributed by atoms with van der Waals surface area (Å²) in [6.07, 6.45) is -0.0572. The number of benzene rings is 2. The quantitative estimate of drug-likeness (QED) is 0.873. The van der Waals surface area contributed by atoms with Gasteiger partial charge in [0, 0.05) is 11.5 Å². The number of hydrogen-bond acceptors (Lipinski definition) is 2. The van der Waals surface area contributed by atoms with Gasteiger partial charge in [-0.3, -0.25) is 4.79 Å². The Morgan fingerprint density at radius 2 is 1.90 bits per heavy atom. The number of ether oxygens (including phenoxy) is 1. The van der Waals surface area contributed by atoms with Gasteiger partial charge in [0.25, 0.3) is 0 Å². The van der Waals surface area contributed by atoms with E-state index in [1.165, 1.54) is 0 Å². The lowest BCUT2D eigenvalue weighted by Crippen LogP contribution is -2.09. The van der Waals surface area contributed by atoms with Gasteiger partial charge < -0.3 is 9.84 Å². The molecule has 0 aliphatic rings. The molecule has 110 valence electrons. The van der Waals surface area contributed by atoms with Gasteiger partial charge in [-0.15, -0.1) is 0 Å². The summed E-state index contributed by atoms with van der Waals surface area (Å²) < 4.78 is 5.33. The molecule has 0 spiro atoms. The van der Waals surface area contributed by atoms with Crippen LogP contribution in [0, 0.1) is 0 Å². The largest absolute Gasteiger partial charge is 0.496 e. The van der Waals surface area contributed by atoms with Gasteiger partial charge >= 0.3 is 5.97 Å². The van der Waals surface area contributed by atoms with Crippen molar-refractivity contribution in [2.45, 2.75) is 12.3 Å². The molecule has 2 rings (SSSR count). The standard InChI is InChI=1S/C16H14Cl2O3/c1-21-15-5-3-2-4-11(15)12(9-16(19)20)10-6-7-13(17)14(18)8-10/h2-8,12H,9H2,1H3,(H,19,20). The number of aliphatic carboxylic acids is 1. The molecule has 1 N–H and O–H groups in total. The van der Waals surface area contributed by atoms with Crippen LogP contribution >= 0.6 is 23.2 Å².